The third-order valence-electron chi connectivity index (χ3n) is 3.00. The van der Waals surface area contributed by atoms with Crippen molar-refractivity contribution in [1.82, 2.24) is 9.88 Å². The molecule has 1 aromatic rings. The smallest absolute Gasteiger partial charge is 0.123 e. The molecule has 16 heavy (non-hydrogen) atoms. The van der Waals surface area contributed by atoms with Gasteiger partial charge in [-0.3, -0.25) is 4.98 Å². The van der Waals surface area contributed by atoms with Gasteiger partial charge in [-0.05, 0) is 31.8 Å². The number of hydrogen-bond donors (Lipinski definition) is 0. The quantitative estimate of drug-likeness (QED) is 0.764. The summed E-state index contributed by atoms with van der Waals surface area (Å²) in [5.74, 6) is 0. The molecule has 84 valence electrons. The number of rotatable bonds is 3. The molecule has 1 aliphatic heterocycles. The summed E-state index contributed by atoms with van der Waals surface area (Å²) in [5.41, 5.74) is 0.704. The molecule has 0 aliphatic carbocycles. The van der Waals surface area contributed by atoms with Crippen LogP contribution in [0.4, 0.5) is 0 Å². The molecular formula is C12H15N3O. The molecule has 4 heteroatoms. The Morgan fingerprint density at radius 2 is 2.06 bits per heavy atom. The maximum absolute atomic E-state index is 9.34. The molecule has 0 spiro atoms. The summed E-state index contributed by atoms with van der Waals surface area (Å²) in [6.45, 7) is 1.02. The zero-order valence-corrected chi connectivity index (χ0v) is 9.55. The van der Waals surface area contributed by atoms with Crippen molar-refractivity contribution in [2.45, 2.75) is 6.04 Å². The first-order valence-corrected chi connectivity index (χ1v) is 5.25. The Bertz CT molecular complexity index is 392. The average molecular weight is 217 g/mol. The Kier molecular flexibility index (Phi) is 2.90. The van der Waals surface area contributed by atoms with Crippen LogP contribution in [0.3, 0.4) is 0 Å². The topological polar surface area (TPSA) is 49.2 Å². The molecular weight excluding hydrogens is 202 g/mol. The van der Waals surface area contributed by atoms with Crippen molar-refractivity contribution in [1.29, 1.82) is 5.26 Å². The summed E-state index contributed by atoms with van der Waals surface area (Å²) < 4.78 is 5.22. The minimum Gasteiger partial charge on any atom is -0.378 e. The van der Waals surface area contributed by atoms with Gasteiger partial charge in [0.25, 0.3) is 0 Å². The molecule has 1 aliphatic rings. The van der Waals surface area contributed by atoms with E-state index in [4.69, 9.17) is 4.74 Å². The van der Waals surface area contributed by atoms with E-state index in [0.717, 1.165) is 5.56 Å². The van der Waals surface area contributed by atoms with Crippen LogP contribution in [-0.2, 0) is 4.74 Å². The van der Waals surface area contributed by atoms with Crippen LogP contribution >= 0.6 is 0 Å². The van der Waals surface area contributed by atoms with Gasteiger partial charge in [-0.15, -0.1) is 0 Å². The lowest BCUT2D eigenvalue weighted by molar-refractivity contribution is -0.115. The Balaban J connectivity index is 2.36. The molecule has 0 radical (unpaired) electrons. The monoisotopic (exact) mass is 217 g/mol. The molecule has 0 amide bonds. The highest BCUT2D eigenvalue weighted by atomic mass is 16.5. The van der Waals surface area contributed by atoms with Crippen LogP contribution in [-0.4, -0.2) is 37.2 Å². The zero-order chi connectivity index (χ0) is 11.6. The number of pyridine rings is 1. The maximum atomic E-state index is 9.34. The second-order valence-corrected chi connectivity index (χ2v) is 4.41. The van der Waals surface area contributed by atoms with Crippen LogP contribution in [0.1, 0.15) is 11.6 Å². The fraction of sp³-hybridized carbons (Fsp3) is 0.500. The van der Waals surface area contributed by atoms with E-state index in [1.807, 2.05) is 26.2 Å². The highest BCUT2D eigenvalue weighted by molar-refractivity contribution is 5.24. The molecule has 1 fully saturated rings. The maximum Gasteiger partial charge on any atom is 0.123 e. The normalized spacial score (nSPS) is 19.9. The van der Waals surface area contributed by atoms with Crippen molar-refractivity contribution >= 4 is 0 Å². The Hall–Kier alpha value is -1.44. The van der Waals surface area contributed by atoms with Crippen LogP contribution in [0.5, 0.6) is 0 Å². The van der Waals surface area contributed by atoms with E-state index < -0.39 is 5.41 Å². The van der Waals surface area contributed by atoms with E-state index >= 15 is 0 Å². The molecule has 1 atom stereocenters. The van der Waals surface area contributed by atoms with Gasteiger partial charge in [-0.25, -0.2) is 0 Å². The number of ether oxygens (including phenoxy) is 1. The summed E-state index contributed by atoms with van der Waals surface area (Å²) >= 11 is 0. The highest BCUT2D eigenvalue weighted by Gasteiger charge is 2.48. The Morgan fingerprint density at radius 1 is 1.44 bits per heavy atom. The molecule has 0 bridgehead atoms. The molecule has 1 unspecified atom stereocenters. The van der Waals surface area contributed by atoms with Gasteiger partial charge in [0, 0.05) is 12.4 Å². The summed E-state index contributed by atoms with van der Waals surface area (Å²) in [6.07, 6.45) is 3.52. The summed E-state index contributed by atoms with van der Waals surface area (Å²) in [5, 5.41) is 9.34. The third-order valence-corrected chi connectivity index (χ3v) is 3.00. The molecule has 4 nitrogen and oxygen atoms in total. The van der Waals surface area contributed by atoms with Gasteiger partial charge in [0.1, 0.15) is 5.41 Å². The summed E-state index contributed by atoms with van der Waals surface area (Å²) in [7, 11) is 3.98. The second-order valence-electron chi connectivity index (χ2n) is 4.41. The van der Waals surface area contributed by atoms with E-state index in [-0.39, 0.29) is 6.04 Å². The van der Waals surface area contributed by atoms with E-state index in [0.29, 0.717) is 13.2 Å². The SMILES string of the molecule is CN(C)C(c1ccncc1)C1(C#N)COC1. The zero-order valence-electron chi connectivity index (χ0n) is 9.55. The first-order valence-electron chi connectivity index (χ1n) is 5.25. The lowest BCUT2D eigenvalue weighted by atomic mass is 9.76. The Morgan fingerprint density at radius 3 is 2.44 bits per heavy atom. The van der Waals surface area contributed by atoms with E-state index in [2.05, 4.69) is 16.0 Å². The number of hydrogen-bond acceptors (Lipinski definition) is 4. The van der Waals surface area contributed by atoms with Crippen molar-refractivity contribution in [3.63, 3.8) is 0 Å². The third kappa shape index (κ3) is 1.69. The molecule has 2 heterocycles. The van der Waals surface area contributed by atoms with Crippen LogP contribution < -0.4 is 0 Å². The van der Waals surface area contributed by atoms with Gasteiger partial charge in [-0.1, -0.05) is 0 Å². The number of aromatic nitrogens is 1. The predicted molar refractivity (Wildman–Crippen MR) is 59.5 cm³/mol. The van der Waals surface area contributed by atoms with E-state index in [1.165, 1.54) is 0 Å². The van der Waals surface area contributed by atoms with Gasteiger partial charge in [0.2, 0.25) is 0 Å². The highest BCUT2D eigenvalue weighted by Crippen LogP contribution is 2.42. The number of nitrogens with zero attached hydrogens (tertiary/aromatic N) is 3. The first-order chi connectivity index (χ1) is 7.69. The van der Waals surface area contributed by atoms with Crippen molar-refractivity contribution in [2.75, 3.05) is 27.3 Å². The minimum absolute atomic E-state index is 0.0641. The molecule has 0 saturated carbocycles. The van der Waals surface area contributed by atoms with Gasteiger partial charge in [0.05, 0.1) is 25.3 Å². The predicted octanol–water partition coefficient (Wildman–Crippen LogP) is 1.22. The first kappa shape index (κ1) is 11.1. The second kappa shape index (κ2) is 4.20. The van der Waals surface area contributed by atoms with Crippen molar-refractivity contribution in [2.24, 2.45) is 5.41 Å². The molecule has 0 aromatic carbocycles. The van der Waals surface area contributed by atoms with Crippen molar-refractivity contribution in [3.05, 3.63) is 30.1 Å². The fourth-order valence-electron chi connectivity index (χ4n) is 2.26. The minimum atomic E-state index is -0.412. The number of nitriles is 1. The molecule has 2 rings (SSSR count). The van der Waals surface area contributed by atoms with Crippen LogP contribution in [0.25, 0.3) is 0 Å². The molecule has 0 N–H and O–H groups in total. The van der Waals surface area contributed by atoms with Gasteiger partial charge in [0.15, 0.2) is 0 Å². The van der Waals surface area contributed by atoms with Crippen LogP contribution in [0.2, 0.25) is 0 Å². The van der Waals surface area contributed by atoms with Crippen molar-refractivity contribution in [3.8, 4) is 6.07 Å². The van der Waals surface area contributed by atoms with E-state index in [1.54, 1.807) is 12.4 Å². The standard InChI is InChI=1S/C12H15N3O/c1-15(2)11(10-3-5-14-6-4-10)12(7-13)8-16-9-12/h3-6,11H,8-9H2,1-2H3. The fourth-order valence-corrected chi connectivity index (χ4v) is 2.26. The van der Waals surface area contributed by atoms with Crippen LogP contribution in [0.15, 0.2) is 24.5 Å². The average Bonchev–Trinajstić information content (AvgIpc) is 2.24. The van der Waals surface area contributed by atoms with Gasteiger partial charge in [-0.2, -0.15) is 5.26 Å². The van der Waals surface area contributed by atoms with Gasteiger partial charge >= 0.3 is 0 Å². The lowest BCUT2D eigenvalue weighted by Crippen LogP contribution is -2.50. The lowest BCUT2D eigenvalue weighted by Gasteiger charge is -2.44. The van der Waals surface area contributed by atoms with Crippen molar-refractivity contribution < 1.29 is 4.74 Å². The summed E-state index contributed by atoms with van der Waals surface area (Å²) in [6, 6.07) is 6.39. The van der Waals surface area contributed by atoms with Crippen LogP contribution in [0, 0.1) is 16.7 Å². The largest absolute Gasteiger partial charge is 0.378 e. The van der Waals surface area contributed by atoms with Gasteiger partial charge < -0.3 is 9.64 Å². The molecule has 1 saturated heterocycles. The summed E-state index contributed by atoms with van der Waals surface area (Å²) in [4.78, 5) is 6.08. The molecule has 1 aromatic heterocycles. The Labute approximate surface area is 95.5 Å². The van der Waals surface area contributed by atoms with E-state index in [9.17, 15) is 5.26 Å².